The lowest BCUT2D eigenvalue weighted by atomic mass is 10.0. The Morgan fingerprint density at radius 2 is 1.56 bits per heavy atom. The van der Waals surface area contributed by atoms with E-state index in [1.54, 1.807) is 0 Å². The van der Waals surface area contributed by atoms with Gasteiger partial charge in [-0.25, -0.2) is 0 Å². The number of rotatable bonds is 4. The van der Waals surface area contributed by atoms with Crippen LogP contribution in [-0.2, 0) is 11.2 Å². The minimum Gasteiger partial charge on any atom is -0.481 e. The number of benzene rings is 2. The highest BCUT2D eigenvalue weighted by Gasteiger charge is 2.01. The lowest BCUT2D eigenvalue weighted by Crippen LogP contribution is -2.06. The maximum absolute atomic E-state index is 7.62. The standard InChI is InChI=1S/C16H17NO/c1-2-18-16(17)12-13-8-10-15(11-9-13)14-6-4-3-5-7-14/h3-11,17H,2,12H2,1H3. The second kappa shape index (κ2) is 6.01. The van der Waals surface area contributed by atoms with Crippen LogP contribution in [-0.4, -0.2) is 12.5 Å². The molecule has 0 heterocycles. The van der Waals surface area contributed by atoms with Crippen molar-refractivity contribution < 1.29 is 4.74 Å². The van der Waals surface area contributed by atoms with Crippen LogP contribution in [0.3, 0.4) is 0 Å². The van der Waals surface area contributed by atoms with Crippen LogP contribution >= 0.6 is 0 Å². The zero-order chi connectivity index (χ0) is 12.8. The first-order chi connectivity index (χ1) is 8.79. The maximum atomic E-state index is 7.62. The van der Waals surface area contributed by atoms with Crippen molar-refractivity contribution in [3.63, 3.8) is 0 Å². The molecule has 0 bridgehead atoms. The fraction of sp³-hybridized carbons (Fsp3) is 0.188. The molecule has 0 saturated carbocycles. The highest BCUT2D eigenvalue weighted by atomic mass is 16.5. The Morgan fingerprint density at radius 1 is 0.944 bits per heavy atom. The van der Waals surface area contributed by atoms with E-state index in [-0.39, 0.29) is 0 Å². The summed E-state index contributed by atoms with van der Waals surface area (Å²) in [6, 6.07) is 18.6. The van der Waals surface area contributed by atoms with E-state index in [4.69, 9.17) is 10.1 Å². The van der Waals surface area contributed by atoms with Gasteiger partial charge in [0.2, 0.25) is 0 Å². The van der Waals surface area contributed by atoms with Gasteiger partial charge in [0.1, 0.15) is 0 Å². The highest BCUT2D eigenvalue weighted by molar-refractivity contribution is 5.75. The van der Waals surface area contributed by atoms with Crippen molar-refractivity contribution in [1.82, 2.24) is 0 Å². The monoisotopic (exact) mass is 239 g/mol. The Bertz CT molecular complexity index is 502. The van der Waals surface area contributed by atoms with Crippen molar-refractivity contribution in [3.05, 3.63) is 60.2 Å². The summed E-state index contributed by atoms with van der Waals surface area (Å²) in [7, 11) is 0. The summed E-state index contributed by atoms with van der Waals surface area (Å²) in [5, 5.41) is 7.62. The largest absolute Gasteiger partial charge is 0.481 e. The molecule has 0 saturated heterocycles. The maximum Gasteiger partial charge on any atom is 0.184 e. The van der Waals surface area contributed by atoms with E-state index in [9.17, 15) is 0 Å². The second-order valence-electron chi connectivity index (χ2n) is 4.10. The molecule has 18 heavy (non-hydrogen) atoms. The van der Waals surface area contributed by atoms with E-state index >= 15 is 0 Å². The molecule has 2 nitrogen and oxygen atoms in total. The summed E-state index contributed by atoms with van der Waals surface area (Å²) in [4.78, 5) is 0. The van der Waals surface area contributed by atoms with Crippen molar-refractivity contribution in [3.8, 4) is 11.1 Å². The number of hydrogen-bond donors (Lipinski definition) is 1. The molecule has 2 rings (SSSR count). The van der Waals surface area contributed by atoms with E-state index in [1.165, 1.54) is 11.1 Å². The zero-order valence-electron chi connectivity index (χ0n) is 10.5. The minimum absolute atomic E-state index is 0.324. The molecule has 0 unspecified atom stereocenters. The van der Waals surface area contributed by atoms with Crippen LogP contribution in [0.2, 0.25) is 0 Å². The number of nitrogens with one attached hydrogen (secondary N) is 1. The molecule has 0 atom stereocenters. The second-order valence-corrected chi connectivity index (χ2v) is 4.10. The van der Waals surface area contributed by atoms with Gasteiger partial charge in [-0.05, 0) is 23.6 Å². The Kier molecular flexibility index (Phi) is 4.13. The summed E-state index contributed by atoms with van der Waals surface area (Å²) >= 11 is 0. The zero-order valence-corrected chi connectivity index (χ0v) is 10.5. The first-order valence-corrected chi connectivity index (χ1v) is 6.14. The molecule has 2 aromatic rings. The fourth-order valence-electron chi connectivity index (χ4n) is 1.86. The molecule has 2 aromatic carbocycles. The van der Waals surface area contributed by atoms with Gasteiger partial charge in [0.15, 0.2) is 5.90 Å². The van der Waals surface area contributed by atoms with E-state index < -0.39 is 0 Å². The van der Waals surface area contributed by atoms with Crippen LogP contribution in [0.25, 0.3) is 11.1 Å². The molecule has 0 aliphatic heterocycles. The van der Waals surface area contributed by atoms with Gasteiger partial charge in [0, 0.05) is 6.42 Å². The van der Waals surface area contributed by atoms with E-state index in [0.29, 0.717) is 18.9 Å². The smallest absolute Gasteiger partial charge is 0.184 e. The molecule has 0 aliphatic carbocycles. The predicted molar refractivity (Wildman–Crippen MR) is 74.9 cm³/mol. The molecule has 1 N–H and O–H groups in total. The topological polar surface area (TPSA) is 33.1 Å². The third kappa shape index (κ3) is 3.20. The molecule has 0 aromatic heterocycles. The Morgan fingerprint density at radius 3 is 2.17 bits per heavy atom. The highest BCUT2D eigenvalue weighted by Crippen LogP contribution is 2.19. The third-order valence-electron chi connectivity index (χ3n) is 2.74. The van der Waals surface area contributed by atoms with Gasteiger partial charge in [-0.2, -0.15) is 0 Å². The molecule has 2 heteroatoms. The van der Waals surface area contributed by atoms with Crippen LogP contribution in [0.15, 0.2) is 54.6 Å². The molecule has 0 aliphatic rings. The molecular weight excluding hydrogens is 222 g/mol. The molecule has 0 amide bonds. The van der Waals surface area contributed by atoms with Gasteiger partial charge in [0.05, 0.1) is 6.61 Å². The molecule has 0 fully saturated rings. The summed E-state index contributed by atoms with van der Waals surface area (Å²) < 4.78 is 5.14. The average Bonchev–Trinajstić information content (AvgIpc) is 2.41. The van der Waals surface area contributed by atoms with Gasteiger partial charge < -0.3 is 4.74 Å². The molecule has 92 valence electrons. The van der Waals surface area contributed by atoms with Gasteiger partial charge in [-0.1, -0.05) is 54.6 Å². The molecule has 0 radical (unpaired) electrons. The van der Waals surface area contributed by atoms with E-state index in [2.05, 4.69) is 36.4 Å². The molecular formula is C16H17NO. The van der Waals surface area contributed by atoms with Gasteiger partial charge in [-0.15, -0.1) is 0 Å². The van der Waals surface area contributed by atoms with Crippen LogP contribution in [0.1, 0.15) is 12.5 Å². The summed E-state index contributed by atoms with van der Waals surface area (Å²) in [5.74, 6) is 0.324. The van der Waals surface area contributed by atoms with Crippen LogP contribution in [0.4, 0.5) is 0 Å². The normalized spacial score (nSPS) is 10.1. The van der Waals surface area contributed by atoms with Crippen molar-refractivity contribution in [2.24, 2.45) is 0 Å². The SMILES string of the molecule is CCOC(=N)Cc1ccc(-c2ccccc2)cc1. The van der Waals surface area contributed by atoms with Gasteiger partial charge in [-0.3, -0.25) is 5.41 Å². The van der Waals surface area contributed by atoms with Gasteiger partial charge >= 0.3 is 0 Å². The van der Waals surface area contributed by atoms with Crippen LogP contribution in [0.5, 0.6) is 0 Å². The Balaban J connectivity index is 2.09. The third-order valence-corrected chi connectivity index (χ3v) is 2.74. The number of hydrogen-bond acceptors (Lipinski definition) is 2. The summed E-state index contributed by atoms with van der Waals surface area (Å²) in [5.41, 5.74) is 3.51. The van der Waals surface area contributed by atoms with Crippen molar-refractivity contribution in [2.75, 3.05) is 6.61 Å². The Hall–Kier alpha value is -2.09. The van der Waals surface area contributed by atoms with E-state index in [0.717, 1.165) is 5.56 Å². The average molecular weight is 239 g/mol. The molecule has 0 spiro atoms. The summed E-state index contributed by atoms with van der Waals surface area (Å²) in [6.07, 6.45) is 0.558. The van der Waals surface area contributed by atoms with Crippen molar-refractivity contribution >= 4 is 5.90 Å². The predicted octanol–water partition coefficient (Wildman–Crippen LogP) is 3.91. The lowest BCUT2D eigenvalue weighted by molar-refractivity contribution is 0.317. The lowest BCUT2D eigenvalue weighted by Gasteiger charge is -2.06. The first kappa shape index (κ1) is 12.4. The Labute approximate surface area is 108 Å². The summed E-state index contributed by atoms with van der Waals surface area (Å²) in [6.45, 7) is 2.45. The fourth-order valence-corrected chi connectivity index (χ4v) is 1.86. The van der Waals surface area contributed by atoms with Gasteiger partial charge in [0.25, 0.3) is 0 Å². The number of ether oxygens (including phenoxy) is 1. The minimum atomic E-state index is 0.324. The quantitative estimate of drug-likeness (QED) is 0.637. The van der Waals surface area contributed by atoms with Crippen molar-refractivity contribution in [2.45, 2.75) is 13.3 Å². The van der Waals surface area contributed by atoms with Crippen molar-refractivity contribution in [1.29, 1.82) is 5.41 Å². The van der Waals surface area contributed by atoms with Crippen LogP contribution < -0.4 is 0 Å². The van der Waals surface area contributed by atoms with Crippen LogP contribution in [0, 0.1) is 5.41 Å². The van der Waals surface area contributed by atoms with E-state index in [1.807, 2.05) is 25.1 Å². The first-order valence-electron chi connectivity index (χ1n) is 6.14.